The number of aryl methyl sites for hydroxylation is 2. The van der Waals surface area contributed by atoms with Crippen molar-refractivity contribution in [3.63, 3.8) is 0 Å². The van der Waals surface area contributed by atoms with Crippen molar-refractivity contribution in [2.45, 2.75) is 13.8 Å². The average molecular weight is 276 g/mol. The first-order valence-electron chi connectivity index (χ1n) is 6.85. The van der Waals surface area contributed by atoms with E-state index in [0.29, 0.717) is 5.56 Å². The van der Waals surface area contributed by atoms with Crippen LogP contribution in [0.3, 0.4) is 0 Å². The highest BCUT2D eigenvalue weighted by Crippen LogP contribution is 2.17. The van der Waals surface area contributed by atoms with Gasteiger partial charge >= 0.3 is 0 Å². The molecule has 3 rings (SSSR count). The topological polar surface area (TPSA) is 34.9 Å². The Morgan fingerprint density at radius 3 is 2.48 bits per heavy atom. The van der Waals surface area contributed by atoms with Crippen LogP contribution in [0.1, 0.15) is 27.0 Å². The number of aromatic nitrogens is 2. The van der Waals surface area contributed by atoms with Crippen molar-refractivity contribution >= 4 is 5.78 Å². The van der Waals surface area contributed by atoms with Crippen molar-refractivity contribution in [2.75, 3.05) is 0 Å². The number of ketones is 1. The molecule has 0 atom stereocenters. The van der Waals surface area contributed by atoms with Crippen LogP contribution in [-0.4, -0.2) is 15.3 Å². The van der Waals surface area contributed by atoms with E-state index in [0.717, 1.165) is 22.4 Å². The molecular weight excluding hydrogens is 260 g/mol. The minimum Gasteiger partial charge on any atom is -0.306 e. The van der Waals surface area contributed by atoms with Crippen LogP contribution >= 0.6 is 0 Å². The monoisotopic (exact) mass is 276 g/mol. The zero-order chi connectivity index (χ0) is 14.8. The summed E-state index contributed by atoms with van der Waals surface area (Å²) >= 11 is 0. The Bertz CT molecular complexity index is 771. The predicted octanol–water partition coefficient (Wildman–Crippen LogP) is 3.72. The second-order valence-corrected chi connectivity index (χ2v) is 5.16. The molecule has 0 bridgehead atoms. The standard InChI is InChI=1S/C18H16N2O/c1-13-3-4-14(2)17(11-13)18(21)15-5-7-16(8-6-15)20-10-9-19-12-20/h3-12H,1-2H3. The molecule has 1 heterocycles. The minimum atomic E-state index is 0.0633. The number of benzene rings is 2. The largest absolute Gasteiger partial charge is 0.306 e. The Hall–Kier alpha value is -2.68. The highest BCUT2D eigenvalue weighted by molar-refractivity contribution is 6.10. The van der Waals surface area contributed by atoms with Crippen molar-refractivity contribution in [3.8, 4) is 5.69 Å². The van der Waals surface area contributed by atoms with Gasteiger partial charge in [0.1, 0.15) is 0 Å². The van der Waals surface area contributed by atoms with Gasteiger partial charge in [0.05, 0.1) is 6.33 Å². The van der Waals surface area contributed by atoms with Crippen LogP contribution in [0.5, 0.6) is 0 Å². The van der Waals surface area contributed by atoms with Gasteiger partial charge in [-0.15, -0.1) is 0 Å². The van der Waals surface area contributed by atoms with Gasteiger partial charge in [0, 0.05) is 29.2 Å². The molecule has 0 spiro atoms. The van der Waals surface area contributed by atoms with Gasteiger partial charge in [-0.05, 0) is 49.7 Å². The van der Waals surface area contributed by atoms with Gasteiger partial charge in [0.15, 0.2) is 5.78 Å². The maximum absolute atomic E-state index is 12.6. The molecule has 0 unspecified atom stereocenters. The van der Waals surface area contributed by atoms with Crippen molar-refractivity contribution in [3.05, 3.63) is 83.4 Å². The Labute approximate surface area is 123 Å². The summed E-state index contributed by atoms with van der Waals surface area (Å²) in [7, 11) is 0. The molecule has 2 aromatic carbocycles. The van der Waals surface area contributed by atoms with E-state index < -0.39 is 0 Å². The SMILES string of the molecule is Cc1ccc(C)c(C(=O)c2ccc(-n3ccnc3)cc2)c1. The average Bonchev–Trinajstić information content (AvgIpc) is 3.03. The molecule has 3 heteroatoms. The fourth-order valence-corrected chi connectivity index (χ4v) is 2.33. The molecule has 3 nitrogen and oxygen atoms in total. The van der Waals surface area contributed by atoms with Crippen LogP contribution in [0.2, 0.25) is 0 Å². The number of carbonyl (C=O) groups is 1. The number of imidazole rings is 1. The minimum absolute atomic E-state index is 0.0633. The molecule has 0 aliphatic heterocycles. The maximum atomic E-state index is 12.6. The van der Waals surface area contributed by atoms with Gasteiger partial charge in [0.2, 0.25) is 0 Å². The third-order valence-corrected chi connectivity index (χ3v) is 3.57. The second-order valence-electron chi connectivity index (χ2n) is 5.16. The van der Waals surface area contributed by atoms with E-state index in [-0.39, 0.29) is 5.78 Å². The maximum Gasteiger partial charge on any atom is 0.193 e. The molecule has 21 heavy (non-hydrogen) atoms. The number of hydrogen-bond acceptors (Lipinski definition) is 2. The second kappa shape index (κ2) is 5.37. The number of rotatable bonds is 3. The zero-order valence-electron chi connectivity index (χ0n) is 12.1. The van der Waals surface area contributed by atoms with Gasteiger partial charge in [0.25, 0.3) is 0 Å². The molecule has 3 aromatic rings. The lowest BCUT2D eigenvalue weighted by Crippen LogP contribution is -2.04. The molecule has 0 radical (unpaired) electrons. The molecule has 1 aromatic heterocycles. The van der Waals surface area contributed by atoms with E-state index in [4.69, 9.17) is 0 Å². The first-order chi connectivity index (χ1) is 10.1. The highest BCUT2D eigenvalue weighted by atomic mass is 16.1. The van der Waals surface area contributed by atoms with E-state index in [1.54, 1.807) is 12.5 Å². The van der Waals surface area contributed by atoms with Crippen LogP contribution in [-0.2, 0) is 0 Å². The summed E-state index contributed by atoms with van der Waals surface area (Å²) in [4.78, 5) is 16.6. The summed E-state index contributed by atoms with van der Waals surface area (Å²) in [5, 5.41) is 0. The first kappa shape index (κ1) is 13.3. The fraction of sp³-hybridized carbons (Fsp3) is 0.111. The molecule has 104 valence electrons. The Balaban J connectivity index is 1.93. The lowest BCUT2D eigenvalue weighted by atomic mass is 9.97. The normalized spacial score (nSPS) is 10.6. The van der Waals surface area contributed by atoms with Crippen LogP contribution < -0.4 is 0 Å². The van der Waals surface area contributed by atoms with Crippen molar-refractivity contribution in [2.24, 2.45) is 0 Å². The molecular formula is C18H16N2O. The van der Waals surface area contributed by atoms with Crippen molar-refractivity contribution in [1.29, 1.82) is 0 Å². The van der Waals surface area contributed by atoms with Gasteiger partial charge in [-0.2, -0.15) is 0 Å². The Morgan fingerprint density at radius 2 is 1.81 bits per heavy atom. The summed E-state index contributed by atoms with van der Waals surface area (Å²) in [5.74, 6) is 0.0633. The molecule has 0 saturated carbocycles. The Morgan fingerprint density at radius 1 is 1.05 bits per heavy atom. The number of nitrogens with zero attached hydrogens (tertiary/aromatic N) is 2. The lowest BCUT2D eigenvalue weighted by molar-refractivity contribution is 0.103. The quantitative estimate of drug-likeness (QED) is 0.683. The van der Waals surface area contributed by atoms with Gasteiger partial charge in [-0.3, -0.25) is 4.79 Å². The van der Waals surface area contributed by atoms with E-state index in [2.05, 4.69) is 4.98 Å². The van der Waals surface area contributed by atoms with E-state index in [1.165, 1.54) is 0 Å². The van der Waals surface area contributed by atoms with Crippen LogP contribution in [0.25, 0.3) is 5.69 Å². The fourth-order valence-electron chi connectivity index (χ4n) is 2.33. The van der Waals surface area contributed by atoms with Crippen LogP contribution in [0.4, 0.5) is 0 Å². The van der Waals surface area contributed by atoms with Gasteiger partial charge in [-0.25, -0.2) is 4.98 Å². The zero-order valence-corrected chi connectivity index (χ0v) is 12.1. The smallest absolute Gasteiger partial charge is 0.193 e. The Kier molecular flexibility index (Phi) is 3.40. The molecule has 0 fully saturated rings. The van der Waals surface area contributed by atoms with E-state index in [1.807, 2.05) is 67.1 Å². The summed E-state index contributed by atoms with van der Waals surface area (Å²) in [6, 6.07) is 13.5. The number of hydrogen-bond donors (Lipinski definition) is 0. The number of carbonyl (C=O) groups excluding carboxylic acids is 1. The summed E-state index contributed by atoms with van der Waals surface area (Å²) in [5.41, 5.74) is 4.56. The molecule has 0 N–H and O–H groups in total. The van der Waals surface area contributed by atoms with E-state index in [9.17, 15) is 4.79 Å². The molecule has 0 amide bonds. The van der Waals surface area contributed by atoms with Gasteiger partial charge < -0.3 is 4.57 Å². The van der Waals surface area contributed by atoms with Crippen LogP contribution in [0.15, 0.2) is 61.2 Å². The lowest BCUT2D eigenvalue weighted by Gasteiger charge is -2.07. The van der Waals surface area contributed by atoms with E-state index >= 15 is 0 Å². The molecule has 0 aliphatic rings. The van der Waals surface area contributed by atoms with Crippen molar-refractivity contribution in [1.82, 2.24) is 9.55 Å². The summed E-state index contributed by atoms with van der Waals surface area (Å²) < 4.78 is 1.91. The third kappa shape index (κ3) is 2.63. The predicted molar refractivity (Wildman–Crippen MR) is 82.9 cm³/mol. The van der Waals surface area contributed by atoms with Gasteiger partial charge in [-0.1, -0.05) is 17.7 Å². The highest BCUT2D eigenvalue weighted by Gasteiger charge is 2.12. The molecule has 0 aliphatic carbocycles. The third-order valence-electron chi connectivity index (χ3n) is 3.57. The summed E-state index contributed by atoms with van der Waals surface area (Å²) in [6.45, 7) is 3.96. The molecule has 0 saturated heterocycles. The summed E-state index contributed by atoms with van der Waals surface area (Å²) in [6.07, 6.45) is 5.35. The van der Waals surface area contributed by atoms with Crippen LogP contribution in [0, 0.1) is 13.8 Å². The first-order valence-corrected chi connectivity index (χ1v) is 6.85. The van der Waals surface area contributed by atoms with Crippen molar-refractivity contribution < 1.29 is 4.79 Å².